The van der Waals surface area contributed by atoms with E-state index >= 15 is 0 Å². The summed E-state index contributed by atoms with van der Waals surface area (Å²) in [7, 11) is 1.61. The fraction of sp³-hybridized carbons (Fsp3) is 0.444. The lowest BCUT2D eigenvalue weighted by Crippen LogP contribution is -2.29. The minimum Gasteiger partial charge on any atom is -0.493 e. The van der Waals surface area contributed by atoms with Crippen molar-refractivity contribution in [2.24, 2.45) is 4.99 Å². The van der Waals surface area contributed by atoms with Gasteiger partial charge in [-0.15, -0.1) is 10.2 Å². The van der Waals surface area contributed by atoms with Crippen molar-refractivity contribution in [1.82, 2.24) is 20.1 Å². The first-order valence-electron chi connectivity index (χ1n) is 8.95. The van der Waals surface area contributed by atoms with E-state index in [1.807, 2.05) is 42.7 Å². The van der Waals surface area contributed by atoms with Gasteiger partial charge in [-0.05, 0) is 26.0 Å². The molecule has 1 amide bonds. The van der Waals surface area contributed by atoms with Crippen LogP contribution in [0.4, 0.5) is 0 Å². The van der Waals surface area contributed by atoms with Gasteiger partial charge >= 0.3 is 0 Å². The number of rotatable bonds is 8. The third-order valence-corrected chi connectivity index (χ3v) is 5.82. The molecule has 150 valence electrons. The van der Waals surface area contributed by atoms with Gasteiger partial charge in [0.1, 0.15) is 0 Å². The summed E-state index contributed by atoms with van der Waals surface area (Å²) in [5.74, 6) is 3.08. The number of carbonyl (C=O) groups excluding carboxylic acids is 1. The van der Waals surface area contributed by atoms with Crippen molar-refractivity contribution in [1.29, 1.82) is 0 Å². The minimum atomic E-state index is -0.323. The summed E-state index contributed by atoms with van der Waals surface area (Å²) in [5, 5.41) is 12.7. The summed E-state index contributed by atoms with van der Waals surface area (Å²) in [6, 6.07) is 7.48. The Bertz CT molecular complexity index is 855. The van der Waals surface area contributed by atoms with Crippen molar-refractivity contribution >= 4 is 34.6 Å². The molecule has 0 fully saturated rings. The molecule has 3 rings (SSSR count). The molecular weight excluding hydrogens is 398 g/mol. The predicted molar refractivity (Wildman–Crippen MR) is 111 cm³/mol. The van der Waals surface area contributed by atoms with Gasteiger partial charge in [0.15, 0.2) is 33.8 Å². The fourth-order valence-corrected chi connectivity index (χ4v) is 4.21. The molecule has 2 aromatic rings. The quantitative estimate of drug-likeness (QED) is 0.656. The van der Waals surface area contributed by atoms with Crippen LogP contribution in [0, 0.1) is 0 Å². The largest absolute Gasteiger partial charge is 0.493 e. The molecule has 0 bridgehead atoms. The number of amides is 1. The van der Waals surface area contributed by atoms with Gasteiger partial charge < -0.3 is 19.4 Å². The van der Waals surface area contributed by atoms with Gasteiger partial charge in [-0.3, -0.25) is 9.79 Å². The number of hydrogen-bond donors (Lipinski definition) is 1. The van der Waals surface area contributed by atoms with E-state index < -0.39 is 0 Å². The summed E-state index contributed by atoms with van der Waals surface area (Å²) in [4.78, 5) is 16.3. The van der Waals surface area contributed by atoms with E-state index in [-0.39, 0.29) is 17.8 Å². The second-order valence-electron chi connectivity index (χ2n) is 5.87. The van der Waals surface area contributed by atoms with E-state index in [1.165, 1.54) is 11.8 Å². The van der Waals surface area contributed by atoms with Crippen molar-refractivity contribution in [2.75, 3.05) is 25.2 Å². The Hall–Kier alpha value is -2.20. The van der Waals surface area contributed by atoms with Crippen LogP contribution in [-0.2, 0) is 11.3 Å². The normalized spacial score (nSPS) is 14.5. The molecule has 1 aliphatic rings. The van der Waals surface area contributed by atoms with Gasteiger partial charge in [0.05, 0.1) is 19.4 Å². The molecule has 1 aromatic heterocycles. The number of nitrogens with one attached hydrogen (secondary N) is 1. The van der Waals surface area contributed by atoms with Crippen LogP contribution in [0.3, 0.4) is 0 Å². The highest BCUT2D eigenvalue weighted by Crippen LogP contribution is 2.31. The molecule has 8 nitrogen and oxygen atoms in total. The molecule has 0 radical (unpaired) electrons. The van der Waals surface area contributed by atoms with Crippen LogP contribution in [0.5, 0.6) is 11.5 Å². The maximum absolute atomic E-state index is 12.1. The molecule has 0 spiro atoms. The lowest BCUT2D eigenvalue weighted by molar-refractivity contribution is -0.117. The Morgan fingerprint density at radius 3 is 2.82 bits per heavy atom. The van der Waals surface area contributed by atoms with E-state index in [2.05, 4.69) is 20.5 Å². The molecule has 28 heavy (non-hydrogen) atoms. The number of aliphatic imine (C=N–C) groups is 1. The number of benzene rings is 1. The van der Waals surface area contributed by atoms with Gasteiger partial charge in [0, 0.05) is 12.3 Å². The molecule has 0 saturated heterocycles. The van der Waals surface area contributed by atoms with Gasteiger partial charge in [0.25, 0.3) is 0 Å². The zero-order valence-corrected chi connectivity index (χ0v) is 17.7. The average molecular weight is 422 g/mol. The standard InChI is InChI=1S/C18H23N5O3S2/c1-4-23-16(12(2)26-14-8-6-5-7-13(14)25-3)21-22-18(23)28-11-15(24)20-17-19-9-10-27-17/h5-8,12H,4,9-11H2,1-3H3,(H,19,20,24). The van der Waals surface area contributed by atoms with Crippen molar-refractivity contribution < 1.29 is 14.3 Å². The lowest BCUT2D eigenvalue weighted by Gasteiger charge is -2.17. The highest BCUT2D eigenvalue weighted by atomic mass is 32.2. The summed E-state index contributed by atoms with van der Waals surface area (Å²) in [6.45, 7) is 5.36. The number of para-hydroxylation sites is 2. The van der Waals surface area contributed by atoms with Gasteiger partial charge in [-0.2, -0.15) is 0 Å². The summed E-state index contributed by atoms with van der Waals surface area (Å²) < 4.78 is 13.3. The Morgan fingerprint density at radius 2 is 2.14 bits per heavy atom. The van der Waals surface area contributed by atoms with Crippen molar-refractivity contribution in [3.8, 4) is 11.5 Å². The third-order valence-electron chi connectivity index (χ3n) is 3.96. The first-order valence-corrected chi connectivity index (χ1v) is 10.9. The van der Waals surface area contributed by atoms with E-state index in [0.717, 1.165) is 12.3 Å². The van der Waals surface area contributed by atoms with Crippen molar-refractivity contribution in [2.45, 2.75) is 31.7 Å². The van der Waals surface area contributed by atoms with Crippen molar-refractivity contribution in [3.63, 3.8) is 0 Å². The second-order valence-corrected chi connectivity index (χ2v) is 7.89. The van der Waals surface area contributed by atoms with Crippen LogP contribution < -0.4 is 14.8 Å². The number of thioether (sulfide) groups is 2. The zero-order chi connectivity index (χ0) is 19.9. The molecular formula is C18H23N5O3S2. The molecule has 2 heterocycles. The van der Waals surface area contributed by atoms with E-state index in [9.17, 15) is 4.79 Å². The fourth-order valence-electron chi connectivity index (χ4n) is 2.66. The number of carbonyl (C=O) groups is 1. The van der Waals surface area contributed by atoms with Crippen LogP contribution in [0.25, 0.3) is 0 Å². The van der Waals surface area contributed by atoms with Crippen LogP contribution in [0.2, 0.25) is 0 Å². The van der Waals surface area contributed by atoms with E-state index in [1.54, 1.807) is 18.9 Å². The number of aromatic nitrogens is 3. The third kappa shape index (κ3) is 4.99. The number of amidine groups is 1. The number of methoxy groups -OCH3 is 1. The summed E-state index contributed by atoms with van der Waals surface area (Å²) >= 11 is 2.91. The number of nitrogens with zero attached hydrogens (tertiary/aromatic N) is 4. The molecule has 1 aliphatic heterocycles. The Labute approximate surface area is 172 Å². The number of hydrogen-bond acceptors (Lipinski definition) is 8. The van der Waals surface area contributed by atoms with Gasteiger partial charge in [0.2, 0.25) is 5.91 Å². The van der Waals surface area contributed by atoms with E-state index in [0.29, 0.717) is 34.2 Å². The predicted octanol–water partition coefficient (Wildman–Crippen LogP) is 2.76. The SMILES string of the molecule is CCn1c(SCC(=O)NC2=NCCS2)nnc1C(C)Oc1ccccc1OC. The van der Waals surface area contributed by atoms with Crippen LogP contribution >= 0.6 is 23.5 Å². The van der Waals surface area contributed by atoms with Crippen LogP contribution in [-0.4, -0.2) is 51.0 Å². The molecule has 1 unspecified atom stereocenters. The molecule has 1 aromatic carbocycles. The molecule has 0 saturated carbocycles. The van der Waals surface area contributed by atoms with Gasteiger partial charge in [-0.25, -0.2) is 0 Å². The second kappa shape index (κ2) is 9.83. The summed E-state index contributed by atoms with van der Waals surface area (Å²) in [6.07, 6.45) is -0.323. The van der Waals surface area contributed by atoms with E-state index in [4.69, 9.17) is 9.47 Å². The first kappa shape index (κ1) is 20.5. The summed E-state index contributed by atoms with van der Waals surface area (Å²) in [5.41, 5.74) is 0. The smallest absolute Gasteiger partial charge is 0.236 e. The first-order chi connectivity index (χ1) is 13.6. The maximum Gasteiger partial charge on any atom is 0.236 e. The Kier molecular flexibility index (Phi) is 7.21. The Morgan fingerprint density at radius 1 is 1.36 bits per heavy atom. The van der Waals surface area contributed by atoms with Gasteiger partial charge in [-0.1, -0.05) is 35.7 Å². The highest BCUT2D eigenvalue weighted by Gasteiger charge is 2.21. The average Bonchev–Trinajstić information content (AvgIpc) is 3.36. The maximum atomic E-state index is 12.1. The molecule has 1 atom stereocenters. The highest BCUT2D eigenvalue weighted by molar-refractivity contribution is 8.14. The molecule has 1 N–H and O–H groups in total. The molecule has 10 heteroatoms. The van der Waals surface area contributed by atoms with Crippen molar-refractivity contribution in [3.05, 3.63) is 30.1 Å². The van der Waals surface area contributed by atoms with Crippen LogP contribution in [0.15, 0.2) is 34.4 Å². The van der Waals surface area contributed by atoms with Crippen LogP contribution in [0.1, 0.15) is 25.8 Å². The number of ether oxygens (including phenoxy) is 2. The molecule has 0 aliphatic carbocycles. The lowest BCUT2D eigenvalue weighted by atomic mass is 10.3. The monoisotopic (exact) mass is 421 g/mol. The zero-order valence-electron chi connectivity index (χ0n) is 16.0. The topological polar surface area (TPSA) is 90.6 Å². The Balaban J connectivity index is 1.64. The minimum absolute atomic E-state index is 0.0938.